The maximum Gasteiger partial charge on any atom is 0.416 e. The van der Waals surface area contributed by atoms with Crippen LogP contribution in [0.3, 0.4) is 0 Å². The molecule has 0 atom stereocenters. The Balaban J connectivity index is 1.64. The van der Waals surface area contributed by atoms with Crippen LogP contribution < -0.4 is 0 Å². The minimum Gasteiger partial charge on any atom is -0.367 e. The first-order valence-electron chi connectivity index (χ1n) is 13.2. The van der Waals surface area contributed by atoms with Gasteiger partial charge in [0.15, 0.2) is 0 Å². The first kappa shape index (κ1) is 30.0. The molecule has 0 radical (unpaired) electrons. The van der Waals surface area contributed by atoms with Crippen molar-refractivity contribution in [3.63, 3.8) is 0 Å². The number of carbonyl (C=O) groups excluding carboxylic acids is 2. The minimum absolute atomic E-state index is 0.0674. The molecular formula is C30H36F3N3O3. The van der Waals surface area contributed by atoms with Gasteiger partial charge in [-0.25, -0.2) is 0 Å². The maximum absolute atomic E-state index is 13.3. The molecule has 0 bridgehead atoms. The average Bonchev–Trinajstić information content (AvgIpc) is 3.35. The third kappa shape index (κ3) is 9.28. The van der Waals surface area contributed by atoms with E-state index in [1.54, 1.807) is 17.2 Å². The van der Waals surface area contributed by atoms with Crippen LogP contribution in [0.2, 0.25) is 0 Å². The van der Waals surface area contributed by atoms with Crippen LogP contribution >= 0.6 is 0 Å². The Kier molecular flexibility index (Phi) is 11.2. The number of rotatable bonds is 14. The number of ether oxygens (including phenoxy) is 1. The Morgan fingerprint density at radius 1 is 0.897 bits per heavy atom. The third-order valence-electron chi connectivity index (χ3n) is 6.42. The number of likely N-dealkylation sites (N-methyl/N-ethyl adjacent to an activating group) is 1. The van der Waals surface area contributed by atoms with Gasteiger partial charge in [0.2, 0.25) is 11.8 Å². The second-order valence-corrected chi connectivity index (χ2v) is 9.38. The summed E-state index contributed by atoms with van der Waals surface area (Å²) in [5.74, 6) is -0.446. The number of amides is 2. The van der Waals surface area contributed by atoms with Crippen molar-refractivity contribution in [2.75, 3.05) is 26.2 Å². The monoisotopic (exact) mass is 543 g/mol. The molecule has 3 aromatic rings. The van der Waals surface area contributed by atoms with Crippen molar-refractivity contribution in [1.29, 1.82) is 0 Å². The molecule has 1 aromatic heterocycles. The number of aromatic nitrogens is 1. The smallest absolute Gasteiger partial charge is 0.367 e. The molecule has 2 amide bonds. The topological polar surface area (TPSA) is 54.8 Å². The van der Waals surface area contributed by atoms with E-state index in [1.165, 1.54) is 11.0 Å². The van der Waals surface area contributed by atoms with Crippen LogP contribution in [-0.4, -0.2) is 52.4 Å². The molecule has 0 aliphatic rings. The summed E-state index contributed by atoms with van der Waals surface area (Å²) in [6, 6.07) is 18.5. The predicted molar refractivity (Wildman–Crippen MR) is 144 cm³/mol. The molecule has 0 aliphatic heterocycles. The van der Waals surface area contributed by atoms with E-state index in [9.17, 15) is 22.8 Å². The molecule has 6 nitrogen and oxygen atoms in total. The van der Waals surface area contributed by atoms with Gasteiger partial charge in [-0.05, 0) is 48.7 Å². The number of hydrogen-bond donors (Lipinski definition) is 0. The number of benzene rings is 2. The quantitative estimate of drug-likeness (QED) is 0.260. The normalized spacial score (nSPS) is 11.4. The molecule has 2 aromatic carbocycles. The van der Waals surface area contributed by atoms with Gasteiger partial charge in [0.25, 0.3) is 0 Å². The summed E-state index contributed by atoms with van der Waals surface area (Å²) in [7, 11) is 0. The van der Waals surface area contributed by atoms with E-state index in [0.29, 0.717) is 31.8 Å². The average molecular weight is 544 g/mol. The van der Waals surface area contributed by atoms with Crippen molar-refractivity contribution in [3.8, 4) is 0 Å². The molecule has 0 fully saturated rings. The zero-order valence-electron chi connectivity index (χ0n) is 22.5. The molecule has 0 N–H and O–H groups in total. The van der Waals surface area contributed by atoms with Gasteiger partial charge in [-0.3, -0.25) is 9.59 Å². The molecule has 1 heterocycles. The Hall–Kier alpha value is -3.59. The van der Waals surface area contributed by atoms with Crippen LogP contribution in [0.5, 0.6) is 0 Å². The molecule has 39 heavy (non-hydrogen) atoms. The SMILES string of the molecule is CCCCN(Cc1cccn1Cc1cccc(C(F)(F)F)c1)C(=O)CN(CC)C(=O)COCc1ccccc1. The highest BCUT2D eigenvalue weighted by Gasteiger charge is 2.30. The first-order chi connectivity index (χ1) is 18.7. The van der Waals surface area contributed by atoms with Crippen LogP contribution in [0.1, 0.15) is 49.1 Å². The van der Waals surface area contributed by atoms with Gasteiger partial charge in [-0.1, -0.05) is 55.8 Å². The largest absolute Gasteiger partial charge is 0.416 e. The number of alkyl halides is 3. The number of carbonyl (C=O) groups is 2. The number of unbranched alkanes of at least 4 members (excludes halogenated alkanes) is 1. The fourth-order valence-electron chi connectivity index (χ4n) is 4.19. The molecule has 0 aliphatic carbocycles. The Morgan fingerprint density at radius 2 is 1.64 bits per heavy atom. The molecule has 0 saturated carbocycles. The lowest BCUT2D eigenvalue weighted by atomic mass is 10.1. The van der Waals surface area contributed by atoms with E-state index in [4.69, 9.17) is 4.74 Å². The molecule has 0 saturated heterocycles. The van der Waals surface area contributed by atoms with Gasteiger partial charge in [0, 0.05) is 31.5 Å². The summed E-state index contributed by atoms with van der Waals surface area (Å²) in [5.41, 5.74) is 1.60. The second-order valence-electron chi connectivity index (χ2n) is 9.38. The van der Waals surface area contributed by atoms with Crippen LogP contribution in [-0.2, 0) is 40.2 Å². The Labute approximate surface area is 228 Å². The van der Waals surface area contributed by atoms with Crippen LogP contribution in [0.4, 0.5) is 13.2 Å². The van der Waals surface area contributed by atoms with Crippen molar-refractivity contribution in [2.45, 2.75) is 52.6 Å². The highest BCUT2D eigenvalue weighted by atomic mass is 19.4. The van der Waals surface area contributed by atoms with E-state index in [2.05, 4.69) is 0 Å². The fourth-order valence-corrected chi connectivity index (χ4v) is 4.19. The van der Waals surface area contributed by atoms with E-state index in [1.807, 2.05) is 60.9 Å². The summed E-state index contributed by atoms with van der Waals surface area (Å²) in [5, 5.41) is 0. The van der Waals surface area contributed by atoms with Crippen LogP contribution in [0.15, 0.2) is 72.9 Å². The fraction of sp³-hybridized carbons (Fsp3) is 0.400. The maximum atomic E-state index is 13.3. The van der Waals surface area contributed by atoms with Gasteiger partial charge in [0.05, 0.1) is 25.3 Å². The minimum atomic E-state index is -4.41. The van der Waals surface area contributed by atoms with Gasteiger partial charge in [0.1, 0.15) is 6.61 Å². The van der Waals surface area contributed by atoms with Crippen molar-refractivity contribution >= 4 is 11.8 Å². The van der Waals surface area contributed by atoms with Crippen molar-refractivity contribution in [3.05, 3.63) is 95.3 Å². The van der Waals surface area contributed by atoms with Crippen molar-refractivity contribution in [2.24, 2.45) is 0 Å². The molecule has 9 heteroatoms. The molecule has 3 rings (SSSR count). The molecule has 0 unspecified atom stereocenters. The number of hydrogen-bond acceptors (Lipinski definition) is 3. The Morgan fingerprint density at radius 3 is 2.33 bits per heavy atom. The third-order valence-corrected chi connectivity index (χ3v) is 6.42. The van der Waals surface area contributed by atoms with Crippen LogP contribution in [0, 0.1) is 0 Å². The summed E-state index contributed by atoms with van der Waals surface area (Å²) in [6.07, 6.45) is -0.933. The summed E-state index contributed by atoms with van der Waals surface area (Å²) < 4.78 is 46.9. The van der Waals surface area contributed by atoms with Gasteiger partial charge in [-0.15, -0.1) is 0 Å². The van der Waals surface area contributed by atoms with Gasteiger partial charge >= 0.3 is 6.18 Å². The van der Waals surface area contributed by atoms with E-state index < -0.39 is 11.7 Å². The van der Waals surface area contributed by atoms with Crippen molar-refractivity contribution < 1.29 is 27.5 Å². The van der Waals surface area contributed by atoms with Crippen molar-refractivity contribution in [1.82, 2.24) is 14.4 Å². The van der Waals surface area contributed by atoms with E-state index in [0.717, 1.165) is 36.2 Å². The highest BCUT2D eigenvalue weighted by molar-refractivity contribution is 5.85. The molecule has 210 valence electrons. The van der Waals surface area contributed by atoms with Crippen LogP contribution in [0.25, 0.3) is 0 Å². The zero-order chi connectivity index (χ0) is 28.3. The van der Waals surface area contributed by atoms with E-state index in [-0.39, 0.29) is 31.5 Å². The Bertz CT molecular complexity index is 1190. The molecule has 0 spiro atoms. The lowest BCUT2D eigenvalue weighted by molar-refractivity contribution is -0.143. The predicted octanol–water partition coefficient (Wildman–Crippen LogP) is 5.75. The summed E-state index contributed by atoms with van der Waals surface area (Å²) in [4.78, 5) is 29.3. The lowest BCUT2D eigenvalue weighted by Gasteiger charge is -2.27. The summed E-state index contributed by atoms with van der Waals surface area (Å²) in [6.45, 7) is 5.40. The van der Waals surface area contributed by atoms with Gasteiger partial charge < -0.3 is 19.1 Å². The molecular weight excluding hydrogens is 507 g/mol. The van der Waals surface area contributed by atoms with E-state index >= 15 is 0 Å². The highest BCUT2D eigenvalue weighted by Crippen LogP contribution is 2.29. The first-order valence-corrected chi connectivity index (χ1v) is 13.2. The lowest BCUT2D eigenvalue weighted by Crippen LogP contribution is -2.44. The van der Waals surface area contributed by atoms with Gasteiger partial charge in [-0.2, -0.15) is 13.2 Å². The number of nitrogens with zero attached hydrogens (tertiary/aromatic N) is 3. The zero-order valence-corrected chi connectivity index (χ0v) is 22.5. The standard InChI is InChI=1S/C30H36F3N3O3/c1-3-5-16-36(28(37)21-34(4-2)29(38)23-39-22-24-11-7-6-8-12-24)20-27-15-10-17-35(27)19-25-13-9-14-26(18-25)30(31,32)33/h6-15,17-18H,3-5,16,19-23H2,1-2H3. The summed E-state index contributed by atoms with van der Waals surface area (Å²) >= 11 is 0. The number of halogens is 3. The second kappa shape index (κ2) is 14.5.